The van der Waals surface area contributed by atoms with Crippen molar-refractivity contribution in [1.82, 2.24) is 10.6 Å². The van der Waals surface area contributed by atoms with Crippen molar-refractivity contribution < 1.29 is 9.59 Å². The van der Waals surface area contributed by atoms with E-state index in [1.54, 1.807) is 0 Å². The van der Waals surface area contributed by atoms with Gasteiger partial charge in [0.25, 0.3) is 0 Å². The Balaban J connectivity index is 1.60. The average molecular weight is 358 g/mol. The van der Waals surface area contributed by atoms with E-state index in [1.807, 2.05) is 91.0 Å². The lowest BCUT2D eigenvalue weighted by Crippen LogP contribution is -2.39. The van der Waals surface area contributed by atoms with E-state index in [-0.39, 0.29) is 30.8 Å². The summed E-state index contributed by atoms with van der Waals surface area (Å²) in [5.74, 6) is -0.401. The van der Waals surface area contributed by atoms with Gasteiger partial charge in [0.05, 0.1) is 19.0 Å². The molecule has 0 aliphatic carbocycles. The predicted octanol–water partition coefficient (Wildman–Crippen LogP) is 3.25. The molecule has 0 unspecified atom stereocenters. The van der Waals surface area contributed by atoms with Gasteiger partial charge < -0.3 is 10.6 Å². The van der Waals surface area contributed by atoms with E-state index in [1.165, 1.54) is 0 Å². The standard InChI is InChI=1S/C23H22N2O2/c26-21(16-18-10-4-1-5-11-18)24-17-22(27)25-23(19-12-6-2-7-13-19)20-14-8-3-9-15-20/h1-15,23H,16-17H2,(H,24,26)(H,25,27). The highest BCUT2D eigenvalue weighted by Crippen LogP contribution is 2.21. The molecule has 0 atom stereocenters. The van der Waals surface area contributed by atoms with Gasteiger partial charge in [-0.1, -0.05) is 91.0 Å². The Kier molecular flexibility index (Phi) is 6.36. The summed E-state index contributed by atoms with van der Waals surface area (Å²) in [4.78, 5) is 24.5. The molecule has 3 aromatic carbocycles. The number of hydrogen-bond acceptors (Lipinski definition) is 2. The third kappa shape index (κ3) is 5.54. The summed E-state index contributed by atoms with van der Waals surface area (Å²) in [5.41, 5.74) is 2.90. The monoisotopic (exact) mass is 358 g/mol. The fourth-order valence-corrected chi connectivity index (χ4v) is 2.88. The van der Waals surface area contributed by atoms with Crippen molar-refractivity contribution in [3.63, 3.8) is 0 Å². The van der Waals surface area contributed by atoms with Crippen LogP contribution in [0.2, 0.25) is 0 Å². The van der Waals surface area contributed by atoms with Gasteiger partial charge in [0.15, 0.2) is 0 Å². The zero-order chi connectivity index (χ0) is 18.9. The topological polar surface area (TPSA) is 58.2 Å². The Morgan fingerprint density at radius 3 is 1.67 bits per heavy atom. The molecule has 136 valence electrons. The van der Waals surface area contributed by atoms with Gasteiger partial charge in [-0.3, -0.25) is 9.59 Å². The summed E-state index contributed by atoms with van der Waals surface area (Å²) < 4.78 is 0. The third-order valence-corrected chi connectivity index (χ3v) is 4.22. The highest BCUT2D eigenvalue weighted by atomic mass is 16.2. The van der Waals surface area contributed by atoms with Crippen LogP contribution in [0.25, 0.3) is 0 Å². The maximum Gasteiger partial charge on any atom is 0.240 e. The molecule has 0 saturated heterocycles. The van der Waals surface area contributed by atoms with Gasteiger partial charge >= 0.3 is 0 Å². The second kappa shape index (κ2) is 9.34. The first-order valence-corrected chi connectivity index (χ1v) is 8.92. The Morgan fingerprint density at radius 2 is 1.15 bits per heavy atom. The molecule has 0 bridgehead atoms. The van der Waals surface area contributed by atoms with Crippen LogP contribution in [0.15, 0.2) is 91.0 Å². The zero-order valence-corrected chi connectivity index (χ0v) is 15.0. The molecule has 0 radical (unpaired) electrons. The van der Waals surface area contributed by atoms with Crippen LogP contribution in [0.5, 0.6) is 0 Å². The number of hydrogen-bond donors (Lipinski definition) is 2. The van der Waals surface area contributed by atoms with E-state index in [4.69, 9.17) is 0 Å². The lowest BCUT2D eigenvalue weighted by atomic mass is 9.99. The van der Waals surface area contributed by atoms with Crippen molar-refractivity contribution in [2.24, 2.45) is 0 Å². The molecule has 0 saturated carbocycles. The summed E-state index contributed by atoms with van der Waals surface area (Å²) in [6.45, 7) is -0.0537. The molecule has 2 N–H and O–H groups in total. The lowest BCUT2D eigenvalue weighted by Gasteiger charge is -2.20. The SMILES string of the molecule is O=C(Cc1ccccc1)NCC(=O)NC(c1ccccc1)c1ccccc1. The molecule has 0 spiro atoms. The zero-order valence-electron chi connectivity index (χ0n) is 15.0. The molecule has 0 aromatic heterocycles. The van der Waals surface area contributed by atoms with E-state index >= 15 is 0 Å². The minimum atomic E-state index is -0.258. The fraction of sp³-hybridized carbons (Fsp3) is 0.130. The number of amides is 2. The highest BCUT2D eigenvalue weighted by molar-refractivity contribution is 5.86. The summed E-state index contributed by atoms with van der Waals surface area (Å²) in [6, 6.07) is 28.8. The number of carbonyl (C=O) groups is 2. The van der Waals surface area contributed by atoms with Crippen LogP contribution in [-0.2, 0) is 16.0 Å². The molecule has 4 nitrogen and oxygen atoms in total. The van der Waals surface area contributed by atoms with Gasteiger partial charge in [-0.2, -0.15) is 0 Å². The van der Waals surface area contributed by atoms with Crippen molar-refractivity contribution >= 4 is 11.8 Å². The molecule has 3 aromatic rings. The van der Waals surface area contributed by atoms with Crippen LogP contribution < -0.4 is 10.6 Å². The fourth-order valence-electron chi connectivity index (χ4n) is 2.88. The van der Waals surface area contributed by atoms with Gasteiger partial charge in [-0.25, -0.2) is 0 Å². The van der Waals surface area contributed by atoms with Crippen LogP contribution >= 0.6 is 0 Å². The maximum absolute atomic E-state index is 12.4. The van der Waals surface area contributed by atoms with E-state index < -0.39 is 0 Å². The molecule has 0 fully saturated rings. The van der Waals surface area contributed by atoms with E-state index in [9.17, 15) is 9.59 Å². The minimum Gasteiger partial charge on any atom is -0.347 e. The average Bonchev–Trinajstić information content (AvgIpc) is 2.72. The van der Waals surface area contributed by atoms with E-state index in [2.05, 4.69) is 10.6 Å². The van der Waals surface area contributed by atoms with Crippen molar-refractivity contribution in [2.45, 2.75) is 12.5 Å². The molecule has 0 aliphatic rings. The largest absolute Gasteiger partial charge is 0.347 e. The summed E-state index contributed by atoms with van der Waals surface area (Å²) in [6.07, 6.45) is 0.259. The second-order valence-electron chi connectivity index (χ2n) is 6.26. The molecule has 4 heteroatoms. The summed E-state index contributed by atoms with van der Waals surface area (Å²) >= 11 is 0. The van der Waals surface area contributed by atoms with Gasteiger partial charge in [-0.05, 0) is 16.7 Å². The first-order chi connectivity index (χ1) is 13.2. The van der Waals surface area contributed by atoms with Crippen LogP contribution in [0.1, 0.15) is 22.7 Å². The normalized spacial score (nSPS) is 10.4. The Hall–Kier alpha value is -3.40. The van der Waals surface area contributed by atoms with Crippen LogP contribution in [-0.4, -0.2) is 18.4 Å². The van der Waals surface area contributed by atoms with Crippen molar-refractivity contribution in [2.75, 3.05) is 6.54 Å². The number of rotatable bonds is 7. The molecular formula is C23H22N2O2. The number of nitrogens with one attached hydrogen (secondary N) is 2. The van der Waals surface area contributed by atoms with Gasteiger partial charge in [-0.15, -0.1) is 0 Å². The van der Waals surface area contributed by atoms with Crippen LogP contribution in [0.4, 0.5) is 0 Å². The predicted molar refractivity (Wildman–Crippen MR) is 106 cm³/mol. The summed E-state index contributed by atoms with van der Waals surface area (Å²) in [7, 11) is 0. The molecular weight excluding hydrogens is 336 g/mol. The Bertz CT molecular complexity index is 825. The quantitative estimate of drug-likeness (QED) is 0.681. The Labute approximate surface area is 159 Å². The van der Waals surface area contributed by atoms with Crippen molar-refractivity contribution in [3.05, 3.63) is 108 Å². The van der Waals surface area contributed by atoms with E-state index in [0.29, 0.717) is 0 Å². The minimum absolute atomic E-state index is 0.0537. The van der Waals surface area contributed by atoms with E-state index in [0.717, 1.165) is 16.7 Å². The molecule has 0 heterocycles. The van der Waals surface area contributed by atoms with Crippen LogP contribution in [0.3, 0.4) is 0 Å². The first-order valence-electron chi connectivity index (χ1n) is 8.92. The Morgan fingerprint density at radius 1 is 0.667 bits per heavy atom. The molecule has 27 heavy (non-hydrogen) atoms. The number of carbonyl (C=O) groups excluding carboxylic acids is 2. The molecule has 0 aliphatic heterocycles. The number of benzene rings is 3. The molecule has 2 amide bonds. The van der Waals surface area contributed by atoms with Gasteiger partial charge in [0.1, 0.15) is 0 Å². The van der Waals surface area contributed by atoms with Crippen LogP contribution in [0, 0.1) is 0 Å². The highest BCUT2D eigenvalue weighted by Gasteiger charge is 2.16. The molecule has 3 rings (SSSR count). The smallest absolute Gasteiger partial charge is 0.240 e. The first kappa shape index (κ1) is 18.4. The maximum atomic E-state index is 12.4. The van der Waals surface area contributed by atoms with Gasteiger partial charge in [0, 0.05) is 0 Å². The lowest BCUT2D eigenvalue weighted by molar-refractivity contribution is -0.126. The van der Waals surface area contributed by atoms with Crippen molar-refractivity contribution in [3.8, 4) is 0 Å². The summed E-state index contributed by atoms with van der Waals surface area (Å²) in [5, 5.41) is 5.70. The third-order valence-electron chi connectivity index (χ3n) is 4.22. The van der Waals surface area contributed by atoms with Crippen molar-refractivity contribution in [1.29, 1.82) is 0 Å². The second-order valence-corrected chi connectivity index (χ2v) is 6.26. The van der Waals surface area contributed by atoms with Gasteiger partial charge in [0.2, 0.25) is 11.8 Å².